The Balaban J connectivity index is 2.41. The highest BCUT2D eigenvalue weighted by atomic mass is 16.3. The molecule has 0 aromatic carbocycles. The molecular weight excluding hydrogens is 106 g/mol. The van der Waals surface area contributed by atoms with E-state index in [1.165, 1.54) is 0 Å². The molecule has 2 N–H and O–H groups in total. The lowest BCUT2D eigenvalue weighted by Crippen LogP contribution is -2.31. The highest BCUT2D eigenvalue weighted by Crippen LogP contribution is 2.02. The third kappa shape index (κ3) is 0.877. The van der Waals surface area contributed by atoms with Gasteiger partial charge in [-0.2, -0.15) is 0 Å². The highest BCUT2D eigenvalue weighted by molar-refractivity contribution is 5.60. The Morgan fingerprint density at radius 3 is 2.75 bits per heavy atom. The molecule has 1 fully saturated rings. The average molecular weight is 114 g/mol. The minimum Gasteiger partial charge on any atom is -0.391 e. The monoisotopic (exact) mass is 114 g/mol. The molecule has 3 heteroatoms. The molecule has 3 nitrogen and oxygen atoms in total. The fraction of sp³-hybridized carbons (Fsp3) is 0.800. The van der Waals surface area contributed by atoms with Gasteiger partial charge in [-0.25, -0.2) is 0 Å². The van der Waals surface area contributed by atoms with Gasteiger partial charge in [-0.05, 0) is 13.0 Å². The van der Waals surface area contributed by atoms with Crippen molar-refractivity contribution in [3.05, 3.63) is 0 Å². The molecule has 0 aromatic heterocycles. The average Bonchev–Trinajstić information content (AvgIpc) is 2.14. The highest BCUT2D eigenvalue weighted by Gasteiger charge is 2.23. The van der Waals surface area contributed by atoms with Crippen LogP contribution in [0.3, 0.4) is 0 Å². The van der Waals surface area contributed by atoms with E-state index < -0.39 is 12.1 Å². The Morgan fingerprint density at radius 1 is 1.75 bits per heavy atom. The Hall–Kier alpha value is -0.410. The van der Waals surface area contributed by atoms with E-state index in [0.717, 1.165) is 6.54 Å². The van der Waals surface area contributed by atoms with Gasteiger partial charge in [0.15, 0.2) is 0 Å². The Kier molecular flexibility index (Phi) is 1.60. The minimum atomic E-state index is -0.507. The zero-order valence-electron chi connectivity index (χ0n) is 4.42. The fourth-order valence-corrected chi connectivity index (χ4v) is 0.810. The number of rotatable bonds is 1. The summed E-state index contributed by atoms with van der Waals surface area (Å²) in [6.07, 6.45) is 1.86. The first-order valence-corrected chi connectivity index (χ1v) is 2.63. The zero-order chi connectivity index (χ0) is 5.98. The summed E-state index contributed by atoms with van der Waals surface area (Å²) in [7, 11) is 0. The van der Waals surface area contributed by atoms with Gasteiger partial charge in [0.25, 0.3) is 0 Å². The number of nitrogens with one attached hydrogen (secondary N) is 1. The van der Waals surface area contributed by atoms with Gasteiger partial charge in [-0.3, -0.25) is 4.79 Å². The van der Waals surface area contributed by atoms with Crippen LogP contribution in [0.2, 0.25) is 0 Å². The molecule has 0 bridgehead atoms. The second kappa shape index (κ2) is 2.24. The molecule has 0 amide bonds. The SMILES string of the molecule is O=[C][C@H]1NCCC1O. The molecule has 1 rings (SSSR count). The van der Waals surface area contributed by atoms with Crippen LogP contribution in [-0.2, 0) is 4.79 Å². The minimum absolute atomic E-state index is 0.435. The van der Waals surface area contributed by atoms with Crippen LogP contribution < -0.4 is 5.32 Å². The smallest absolute Gasteiger partial charge is 0.219 e. The predicted octanol–water partition coefficient (Wildman–Crippen LogP) is -1.18. The molecule has 1 unspecified atom stereocenters. The van der Waals surface area contributed by atoms with Gasteiger partial charge in [-0.1, -0.05) is 0 Å². The molecular formula is C5H8NO2. The van der Waals surface area contributed by atoms with E-state index in [0.29, 0.717) is 6.42 Å². The Bertz CT molecular complexity index is 94.4. The summed E-state index contributed by atoms with van der Waals surface area (Å²) in [5.74, 6) is 0. The van der Waals surface area contributed by atoms with Crippen molar-refractivity contribution in [3.63, 3.8) is 0 Å². The quantitative estimate of drug-likeness (QED) is 0.451. The third-order valence-electron chi connectivity index (χ3n) is 1.32. The summed E-state index contributed by atoms with van der Waals surface area (Å²) in [6.45, 7) is 0.723. The van der Waals surface area contributed by atoms with Crippen LogP contribution in [0.25, 0.3) is 0 Å². The molecule has 0 spiro atoms. The lowest BCUT2D eigenvalue weighted by Gasteiger charge is -2.02. The van der Waals surface area contributed by atoms with E-state index in [1.807, 2.05) is 0 Å². The fourth-order valence-electron chi connectivity index (χ4n) is 0.810. The van der Waals surface area contributed by atoms with Crippen LogP contribution in [-0.4, -0.2) is 30.1 Å². The summed E-state index contributed by atoms with van der Waals surface area (Å²) < 4.78 is 0. The molecule has 1 heterocycles. The lowest BCUT2D eigenvalue weighted by molar-refractivity contribution is 0.179. The van der Waals surface area contributed by atoms with Gasteiger partial charge >= 0.3 is 0 Å². The largest absolute Gasteiger partial charge is 0.391 e. The van der Waals surface area contributed by atoms with Gasteiger partial charge in [0.1, 0.15) is 6.04 Å². The number of hydrogen-bond donors (Lipinski definition) is 2. The van der Waals surface area contributed by atoms with Crippen molar-refractivity contribution in [2.24, 2.45) is 0 Å². The molecule has 0 aromatic rings. The van der Waals surface area contributed by atoms with Crippen LogP contribution in [0, 0.1) is 0 Å². The van der Waals surface area contributed by atoms with E-state index >= 15 is 0 Å². The Labute approximate surface area is 47.7 Å². The number of carbonyl (C=O) groups excluding carboxylic acids is 1. The van der Waals surface area contributed by atoms with Crippen molar-refractivity contribution in [3.8, 4) is 0 Å². The normalized spacial score (nSPS) is 37.6. The van der Waals surface area contributed by atoms with Gasteiger partial charge in [0.2, 0.25) is 6.29 Å². The van der Waals surface area contributed by atoms with E-state index in [9.17, 15) is 4.79 Å². The van der Waals surface area contributed by atoms with Gasteiger partial charge in [0, 0.05) is 0 Å². The van der Waals surface area contributed by atoms with Crippen molar-refractivity contribution in [1.82, 2.24) is 5.32 Å². The van der Waals surface area contributed by atoms with E-state index in [4.69, 9.17) is 5.11 Å². The lowest BCUT2D eigenvalue weighted by atomic mass is 10.2. The second-order valence-corrected chi connectivity index (χ2v) is 1.91. The van der Waals surface area contributed by atoms with Crippen LogP contribution in [0.4, 0.5) is 0 Å². The predicted molar refractivity (Wildman–Crippen MR) is 28.1 cm³/mol. The summed E-state index contributed by atoms with van der Waals surface area (Å²) in [5, 5.41) is 11.6. The summed E-state index contributed by atoms with van der Waals surface area (Å²) in [5.41, 5.74) is 0. The number of aliphatic hydroxyl groups is 1. The molecule has 0 saturated carbocycles. The summed E-state index contributed by atoms with van der Waals surface area (Å²) >= 11 is 0. The van der Waals surface area contributed by atoms with E-state index in [1.54, 1.807) is 6.29 Å². The summed E-state index contributed by atoms with van der Waals surface area (Å²) in [6, 6.07) is -0.435. The third-order valence-corrected chi connectivity index (χ3v) is 1.32. The second-order valence-electron chi connectivity index (χ2n) is 1.91. The molecule has 8 heavy (non-hydrogen) atoms. The number of aliphatic hydroxyl groups excluding tert-OH is 1. The van der Waals surface area contributed by atoms with E-state index in [2.05, 4.69) is 5.32 Å². The zero-order valence-corrected chi connectivity index (χ0v) is 4.42. The van der Waals surface area contributed by atoms with Crippen molar-refractivity contribution in [2.45, 2.75) is 18.6 Å². The van der Waals surface area contributed by atoms with Crippen LogP contribution >= 0.6 is 0 Å². The molecule has 2 atom stereocenters. The molecule has 1 radical (unpaired) electrons. The van der Waals surface area contributed by atoms with E-state index in [-0.39, 0.29) is 0 Å². The van der Waals surface area contributed by atoms with Gasteiger partial charge < -0.3 is 10.4 Å². The van der Waals surface area contributed by atoms with Crippen molar-refractivity contribution in [2.75, 3.05) is 6.54 Å². The topological polar surface area (TPSA) is 49.3 Å². The van der Waals surface area contributed by atoms with Crippen molar-refractivity contribution >= 4 is 6.29 Å². The maximum absolute atomic E-state index is 9.87. The standard InChI is InChI=1S/C5H8NO2/c7-3-4-5(8)1-2-6-4/h4-6,8H,1-2H2/t4-,5?/m1/s1. The maximum Gasteiger partial charge on any atom is 0.219 e. The first-order valence-electron chi connectivity index (χ1n) is 2.63. The van der Waals surface area contributed by atoms with Gasteiger partial charge in [-0.15, -0.1) is 0 Å². The first kappa shape index (κ1) is 5.72. The van der Waals surface area contributed by atoms with Crippen molar-refractivity contribution < 1.29 is 9.90 Å². The first-order chi connectivity index (χ1) is 3.84. The van der Waals surface area contributed by atoms with Gasteiger partial charge in [0.05, 0.1) is 6.10 Å². The van der Waals surface area contributed by atoms with Crippen LogP contribution in [0.5, 0.6) is 0 Å². The Morgan fingerprint density at radius 2 is 2.50 bits per heavy atom. The summed E-state index contributed by atoms with van der Waals surface area (Å²) in [4.78, 5) is 9.87. The number of hydrogen-bond acceptors (Lipinski definition) is 3. The molecule has 1 aliphatic rings. The molecule has 0 aliphatic carbocycles. The van der Waals surface area contributed by atoms with Crippen LogP contribution in [0.1, 0.15) is 6.42 Å². The molecule has 1 aliphatic heterocycles. The molecule has 1 saturated heterocycles. The van der Waals surface area contributed by atoms with Crippen LogP contribution in [0.15, 0.2) is 0 Å². The van der Waals surface area contributed by atoms with Crippen molar-refractivity contribution in [1.29, 1.82) is 0 Å². The maximum atomic E-state index is 9.87. The molecule has 45 valence electrons.